The molecule has 132 valence electrons. The highest BCUT2D eigenvalue weighted by molar-refractivity contribution is 5.92. The molecule has 2 atom stereocenters. The van der Waals surface area contributed by atoms with Crippen LogP contribution in [0.1, 0.15) is 30.6 Å². The summed E-state index contributed by atoms with van der Waals surface area (Å²) >= 11 is 0. The van der Waals surface area contributed by atoms with E-state index in [0.717, 1.165) is 18.2 Å². The first-order valence-corrected chi connectivity index (χ1v) is 7.30. The Morgan fingerprint density at radius 3 is 2.29 bits per heavy atom. The van der Waals surface area contributed by atoms with Gasteiger partial charge in [0.15, 0.2) is 6.61 Å². The number of carbonyl (C=O) groups is 3. The van der Waals surface area contributed by atoms with Gasteiger partial charge >= 0.3 is 11.9 Å². The largest absolute Gasteiger partial charge is 0.467 e. The summed E-state index contributed by atoms with van der Waals surface area (Å²) in [4.78, 5) is 35.2. The van der Waals surface area contributed by atoms with Crippen LogP contribution in [0, 0.1) is 17.6 Å². The zero-order valence-electron chi connectivity index (χ0n) is 13.6. The van der Waals surface area contributed by atoms with Crippen LogP contribution in [0.4, 0.5) is 8.78 Å². The van der Waals surface area contributed by atoms with Crippen molar-refractivity contribution >= 4 is 17.8 Å². The fourth-order valence-corrected chi connectivity index (χ4v) is 1.91. The van der Waals surface area contributed by atoms with Crippen LogP contribution in [0.2, 0.25) is 0 Å². The molecule has 6 nitrogen and oxygen atoms in total. The molecule has 0 saturated carbocycles. The Morgan fingerprint density at radius 2 is 1.79 bits per heavy atom. The Labute approximate surface area is 138 Å². The highest BCUT2D eigenvalue weighted by Crippen LogP contribution is 2.13. The molecule has 0 aliphatic carbocycles. The van der Waals surface area contributed by atoms with Gasteiger partial charge in [0.2, 0.25) is 0 Å². The fraction of sp³-hybridized carbons (Fsp3) is 0.438. The van der Waals surface area contributed by atoms with Crippen molar-refractivity contribution in [3.63, 3.8) is 0 Å². The topological polar surface area (TPSA) is 81.7 Å². The number of methoxy groups -OCH3 is 1. The van der Waals surface area contributed by atoms with Crippen LogP contribution in [0.5, 0.6) is 0 Å². The van der Waals surface area contributed by atoms with Crippen molar-refractivity contribution in [2.45, 2.75) is 26.3 Å². The number of benzene rings is 1. The van der Waals surface area contributed by atoms with Crippen LogP contribution in [-0.4, -0.2) is 37.6 Å². The van der Waals surface area contributed by atoms with Gasteiger partial charge in [0.25, 0.3) is 5.91 Å². The highest BCUT2D eigenvalue weighted by Gasteiger charge is 2.27. The summed E-state index contributed by atoms with van der Waals surface area (Å²) in [6.07, 6.45) is 0.597. The summed E-state index contributed by atoms with van der Waals surface area (Å²) in [6.45, 7) is 2.78. The summed E-state index contributed by atoms with van der Waals surface area (Å²) in [6, 6.07) is 1.99. The maximum Gasteiger partial charge on any atom is 0.344 e. The number of rotatable bonds is 7. The molecule has 0 aliphatic heterocycles. The number of halogens is 2. The van der Waals surface area contributed by atoms with E-state index in [1.807, 2.05) is 6.92 Å². The SMILES string of the molecule is CC[C@@H](C)[C@H](NC(=O)COC(=O)c1c(F)cccc1F)C(=O)OC. The van der Waals surface area contributed by atoms with Crippen molar-refractivity contribution in [3.8, 4) is 0 Å². The monoisotopic (exact) mass is 343 g/mol. The van der Waals surface area contributed by atoms with Gasteiger partial charge in [-0.05, 0) is 18.1 Å². The number of hydrogen-bond acceptors (Lipinski definition) is 5. The lowest BCUT2D eigenvalue weighted by Gasteiger charge is -2.21. The maximum atomic E-state index is 13.4. The van der Waals surface area contributed by atoms with Gasteiger partial charge in [-0.2, -0.15) is 0 Å². The van der Waals surface area contributed by atoms with Crippen LogP contribution in [-0.2, 0) is 19.1 Å². The molecule has 1 rings (SSSR count). The molecule has 0 heterocycles. The molecular formula is C16H19F2NO5. The second-order valence-corrected chi connectivity index (χ2v) is 5.13. The number of amides is 1. The predicted octanol–water partition coefficient (Wildman–Crippen LogP) is 1.83. The Balaban J connectivity index is 2.68. The zero-order valence-corrected chi connectivity index (χ0v) is 13.6. The lowest BCUT2D eigenvalue weighted by atomic mass is 9.99. The summed E-state index contributed by atoms with van der Waals surface area (Å²) in [5, 5.41) is 2.38. The molecule has 0 spiro atoms. The average molecular weight is 343 g/mol. The quantitative estimate of drug-likeness (QED) is 0.764. The van der Waals surface area contributed by atoms with Crippen molar-refractivity contribution in [3.05, 3.63) is 35.4 Å². The molecule has 0 unspecified atom stereocenters. The van der Waals surface area contributed by atoms with Crippen LogP contribution in [0.25, 0.3) is 0 Å². The smallest absolute Gasteiger partial charge is 0.344 e. The standard InChI is InChI=1S/C16H19F2NO5/c1-4-9(2)14(16(22)23-3)19-12(20)8-24-15(21)13-10(17)6-5-7-11(13)18/h5-7,9,14H,4,8H2,1-3H3,(H,19,20)/t9-,14+/m1/s1. The van der Waals surface area contributed by atoms with Crippen LogP contribution in [0.3, 0.4) is 0 Å². The molecule has 0 fully saturated rings. The second-order valence-electron chi connectivity index (χ2n) is 5.13. The summed E-state index contributed by atoms with van der Waals surface area (Å²) in [7, 11) is 1.19. The molecule has 1 amide bonds. The average Bonchev–Trinajstić information content (AvgIpc) is 2.56. The van der Waals surface area contributed by atoms with Crippen molar-refractivity contribution in [1.82, 2.24) is 5.32 Å². The maximum absolute atomic E-state index is 13.4. The second kappa shape index (κ2) is 8.95. The van der Waals surface area contributed by atoms with E-state index in [-0.39, 0.29) is 5.92 Å². The minimum atomic E-state index is -1.31. The van der Waals surface area contributed by atoms with Crippen LogP contribution >= 0.6 is 0 Å². The van der Waals surface area contributed by atoms with E-state index < -0.39 is 47.7 Å². The van der Waals surface area contributed by atoms with Crippen molar-refractivity contribution < 1.29 is 32.6 Å². The zero-order chi connectivity index (χ0) is 18.3. The first-order valence-electron chi connectivity index (χ1n) is 7.30. The summed E-state index contributed by atoms with van der Waals surface area (Å²) in [5.74, 6) is -5.11. The fourth-order valence-electron chi connectivity index (χ4n) is 1.91. The Morgan fingerprint density at radius 1 is 1.21 bits per heavy atom. The molecule has 1 aromatic rings. The van der Waals surface area contributed by atoms with E-state index in [1.165, 1.54) is 7.11 Å². The van der Waals surface area contributed by atoms with E-state index in [4.69, 9.17) is 0 Å². The van der Waals surface area contributed by atoms with Gasteiger partial charge in [-0.15, -0.1) is 0 Å². The molecule has 8 heteroatoms. The van der Waals surface area contributed by atoms with E-state index in [1.54, 1.807) is 6.92 Å². The molecule has 0 bridgehead atoms. The molecule has 1 aromatic carbocycles. The Kier molecular flexibility index (Phi) is 7.29. The van der Waals surface area contributed by atoms with Crippen molar-refractivity contribution in [1.29, 1.82) is 0 Å². The van der Waals surface area contributed by atoms with E-state index in [2.05, 4.69) is 14.8 Å². The van der Waals surface area contributed by atoms with Gasteiger partial charge in [0.05, 0.1) is 7.11 Å². The summed E-state index contributed by atoms with van der Waals surface area (Å²) < 4.78 is 36.1. The predicted molar refractivity (Wildman–Crippen MR) is 80.0 cm³/mol. The van der Waals surface area contributed by atoms with Crippen molar-refractivity contribution in [2.24, 2.45) is 5.92 Å². The molecular weight excluding hydrogens is 324 g/mol. The number of esters is 2. The first-order chi connectivity index (χ1) is 11.3. The van der Waals surface area contributed by atoms with Gasteiger partial charge in [0.1, 0.15) is 23.2 Å². The Bertz CT molecular complexity index is 600. The minimum Gasteiger partial charge on any atom is -0.467 e. The number of nitrogens with one attached hydrogen (secondary N) is 1. The number of ether oxygens (including phenoxy) is 2. The third kappa shape index (κ3) is 5.00. The van der Waals surface area contributed by atoms with Gasteiger partial charge in [-0.3, -0.25) is 4.79 Å². The van der Waals surface area contributed by atoms with E-state index in [9.17, 15) is 23.2 Å². The van der Waals surface area contributed by atoms with Gasteiger partial charge in [-0.25, -0.2) is 18.4 Å². The van der Waals surface area contributed by atoms with Gasteiger partial charge < -0.3 is 14.8 Å². The molecule has 0 radical (unpaired) electrons. The normalized spacial score (nSPS) is 12.9. The minimum absolute atomic E-state index is 0.207. The van der Waals surface area contributed by atoms with Gasteiger partial charge in [-0.1, -0.05) is 26.3 Å². The molecule has 0 saturated heterocycles. The third-order valence-corrected chi connectivity index (χ3v) is 3.49. The number of carbonyl (C=O) groups excluding carboxylic acids is 3. The van der Waals surface area contributed by atoms with Crippen LogP contribution < -0.4 is 5.32 Å². The Hall–Kier alpha value is -2.51. The first kappa shape index (κ1) is 19.5. The molecule has 24 heavy (non-hydrogen) atoms. The van der Waals surface area contributed by atoms with E-state index in [0.29, 0.717) is 6.42 Å². The van der Waals surface area contributed by atoms with Crippen LogP contribution in [0.15, 0.2) is 18.2 Å². The van der Waals surface area contributed by atoms with E-state index >= 15 is 0 Å². The third-order valence-electron chi connectivity index (χ3n) is 3.49. The lowest BCUT2D eigenvalue weighted by Crippen LogP contribution is -2.47. The lowest BCUT2D eigenvalue weighted by molar-refractivity contribution is -0.147. The molecule has 0 aromatic heterocycles. The van der Waals surface area contributed by atoms with Crippen molar-refractivity contribution in [2.75, 3.05) is 13.7 Å². The molecule has 0 aliphatic rings. The number of hydrogen-bond donors (Lipinski definition) is 1. The highest BCUT2D eigenvalue weighted by atomic mass is 19.1. The molecule has 1 N–H and O–H groups in total. The summed E-state index contributed by atoms with van der Waals surface area (Å²) in [5.41, 5.74) is -0.878. The van der Waals surface area contributed by atoms with Gasteiger partial charge in [0, 0.05) is 0 Å².